The van der Waals surface area contributed by atoms with E-state index in [0.717, 1.165) is 0 Å². The van der Waals surface area contributed by atoms with Crippen LogP contribution >= 0.6 is 0 Å². The average molecular weight is 192 g/mol. The van der Waals surface area contributed by atoms with Crippen LogP contribution < -0.4 is 0 Å². The molecule has 0 aromatic carbocycles. The fourth-order valence-electron chi connectivity index (χ4n) is 0.634. The summed E-state index contributed by atoms with van der Waals surface area (Å²) in [5.74, 6) is -1.07. The number of aliphatic hydroxyl groups is 3. The van der Waals surface area contributed by atoms with E-state index in [9.17, 15) is 9.59 Å². The van der Waals surface area contributed by atoms with Gasteiger partial charge >= 0.3 is 5.97 Å². The van der Waals surface area contributed by atoms with Crippen LogP contribution in [0.1, 0.15) is 6.92 Å². The Balaban J connectivity index is 4.15. The molecule has 0 aliphatic heterocycles. The van der Waals surface area contributed by atoms with Crippen molar-refractivity contribution in [3.05, 3.63) is 0 Å². The molecule has 0 aromatic heterocycles. The number of hydrogen-bond acceptors (Lipinski definition) is 6. The van der Waals surface area contributed by atoms with E-state index in [1.54, 1.807) is 0 Å². The first-order valence-electron chi connectivity index (χ1n) is 3.70. The first-order valence-corrected chi connectivity index (χ1v) is 3.70. The maximum Gasteiger partial charge on any atom is 0.337 e. The van der Waals surface area contributed by atoms with Gasteiger partial charge in [-0.15, -0.1) is 0 Å². The second kappa shape index (κ2) is 5.63. The first kappa shape index (κ1) is 12.0. The van der Waals surface area contributed by atoms with Crippen molar-refractivity contribution in [2.24, 2.45) is 0 Å². The Morgan fingerprint density at radius 2 is 2.00 bits per heavy atom. The Hall–Kier alpha value is -0.980. The molecule has 3 atom stereocenters. The van der Waals surface area contributed by atoms with Crippen LogP contribution in [0.5, 0.6) is 0 Å². The highest BCUT2D eigenvalue weighted by Gasteiger charge is 2.30. The third-order valence-electron chi connectivity index (χ3n) is 1.34. The normalized spacial score (nSPS) is 17.2. The number of ether oxygens (including phenoxy) is 1. The topological polar surface area (TPSA) is 104 Å². The third kappa shape index (κ3) is 3.49. The molecule has 0 radical (unpaired) electrons. The molecule has 3 N–H and O–H groups in total. The molecule has 0 unspecified atom stereocenters. The van der Waals surface area contributed by atoms with Crippen LogP contribution in [-0.2, 0) is 14.3 Å². The number of carbonyl (C=O) groups excluding carboxylic acids is 2. The number of carbonyl (C=O) groups is 2. The molecule has 13 heavy (non-hydrogen) atoms. The third-order valence-corrected chi connectivity index (χ3v) is 1.34. The van der Waals surface area contributed by atoms with Crippen LogP contribution in [0.4, 0.5) is 0 Å². The zero-order valence-electron chi connectivity index (χ0n) is 7.08. The van der Waals surface area contributed by atoms with Crippen LogP contribution in [0.3, 0.4) is 0 Å². The second-order valence-corrected chi connectivity index (χ2v) is 2.31. The van der Waals surface area contributed by atoms with Crippen molar-refractivity contribution in [2.75, 3.05) is 6.61 Å². The molecule has 0 aliphatic rings. The molecule has 6 nitrogen and oxygen atoms in total. The zero-order chi connectivity index (χ0) is 10.4. The van der Waals surface area contributed by atoms with E-state index in [1.165, 1.54) is 6.92 Å². The van der Waals surface area contributed by atoms with E-state index >= 15 is 0 Å². The number of rotatable bonds is 5. The Bertz CT molecular complexity index is 180. The molecule has 0 aliphatic carbocycles. The highest BCUT2D eigenvalue weighted by atomic mass is 16.5. The van der Waals surface area contributed by atoms with Crippen molar-refractivity contribution < 1.29 is 29.6 Å². The van der Waals surface area contributed by atoms with Gasteiger partial charge in [-0.3, -0.25) is 0 Å². The van der Waals surface area contributed by atoms with Crippen molar-refractivity contribution in [1.82, 2.24) is 0 Å². The monoisotopic (exact) mass is 192 g/mol. The smallest absolute Gasteiger partial charge is 0.337 e. The van der Waals surface area contributed by atoms with Crippen molar-refractivity contribution in [3.8, 4) is 0 Å². The summed E-state index contributed by atoms with van der Waals surface area (Å²) < 4.78 is 4.34. The van der Waals surface area contributed by atoms with Gasteiger partial charge in [-0.1, -0.05) is 0 Å². The fraction of sp³-hybridized carbons (Fsp3) is 0.714. The van der Waals surface area contributed by atoms with Crippen LogP contribution in [0.15, 0.2) is 0 Å². The number of esters is 1. The largest absolute Gasteiger partial charge is 0.464 e. The van der Waals surface area contributed by atoms with E-state index < -0.39 is 24.3 Å². The summed E-state index contributed by atoms with van der Waals surface area (Å²) in [6.45, 7) is 1.56. The molecule has 0 saturated carbocycles. The summed E-state index contributed by atoms with van der Waals surface area (Å²) in [5, 5.41) is 26.7. The lowest BCUT2D eigenvalue weighted by atomic mass is 10.1. The van der Waals surface area contributed by atoms with E-state index in [4.69, 9.17) is 15.3 Å². The quantitative estimate of drug-likeness (QED) is 0.338. The van der Waals surface area contributed by atoms with Gasteiger partial charge in [-0.2, -0.15) is 0 Å². The molecular formula is C7H12O6. The molecule has 0 saturated heterocycles. The summed E-state index contributed by atoms with van der Waals surface area (Å²) in [6.07, 6.45) is -5.52. The Morgan fingerprint density at radius 1 is 1.46 bits per heavy atom. The van der Waals surface area contributed by atoms with E-state index in [1.807, 2.05) is 0 Å². The standard InChI is InChI=1S/C7H12O6/c1-2-13-7(12)6(11)5(10)4(9)3-8/h3-6,9-11H,2H2,1H3/t4-,5+,6-/m0/s1. The van der Waals surface area contributed by atoms with Gasteiger partial charge < -0.3 is 24.9 Å². The van der Waals surface area contributed by atoms with Gasteiger partial charge in [-0.05, 0) is 6.92 Å². The van der Waals surface area contributed by atoms with Crippen molar-refractivity contribution in [2.45, 2.75) is 25.2 Å². The van der Waals surface area contributed by atoms with Crippen LogP contribution in [0, 0.1) is 0 Å². The highest BCUT2D eigenvalue weighted by Crippen LogP contribution is 2.00. The molecule has 76 valence electrons. The summed E-state index contributed by atoms with van der Waals surface area (Å²) >= 11 is 0. The van der Waals surface area contributed by atoms with Gasteiger partial charge in [0, 0.05) is 0 Å². The average Bonchev–Trinajstić information content (AvgIpc) is 2.14. The molecule has 0 heterocycles. The van der Waals surface area contributed by atoms with Gasteiger partial charge in [0.2, 0.25) is 0 Å². The summed E-state index contributed by atoms with van der Waals surface area (Å²) in [6, 6.07) is 0. The van der Waals surface area contributed by atoms with Crippen molar-refractivity contribution in [3.63, 3.8) is 0 Å². The molecule has 0 amide bonds. The Morgan fingerprint density at radius 3 is 2.38 bits per heavy atom. The maximum absolute atomic E-state index is 10.7. The Labute approximate surface area is 74.7 Å². The Kier molecular flexibility index (Phi) is 5.20. The lowest BCUT2D eigenvalue weighted by Crippen LogP contribution is -2.43. The van der Waals surface area contributed by atoms with Gasteiger partial charge in [-0.25, -0.2) is 4.79 Å². The number of aliphatic hydroxyl groups excluding tert-OH is 3. The van der Waals surface area contributed by atoms with Crippen LogP contribution in [0.25, 0.3) is 0 Å². The molecule has 0 rings (SSSR count). The van der Waals surface area contributed by atoms with Crippen LogP contribution in [-0.4, -0.2) is 52.5 Å². The predicted octanol–water partition coefficient (Wildman–Crippen LogP) is -2.17. The summed E-state index contributed by atoms with van der Waals surface area (Å²) in [5.41, 5.74) is 0. The molecular weight excluding hydrogens is 180 g/mol. The van der Waals surface area contributed by atoms with E-state index in [-0.39, 0.29) is 12.9 Å². The lowest BCUT2D eigenvalue weighted by Gasteiger charge is -2.17. The predicted molar refractivity (Wildman–Crippen MR) is 40.7 cm³/mol. The van der Waals surface area contributed by atoms with Gasteiger partial charge in [0.05, 0.1) is 6.61 Å². The highest BCUT2D eigenvalue weighted by molar-refractivity contribution is 5.76. The molecule has 0 bridgehead atoms. The molecule has 0 fully saturated rings. The van der Waals surface area contributed by atoms with Gasteiger partial charge in [0.1, 0.15) is 12.2 Å². The second-order valence-electron chi connectivity index (χ2n) is 2.31. The zero-order valence-corrected chi connectivity index (χ0v) is 7.08. The summed E-state index contributed by atoms with van der Waals surface area (Å²) in [7, 11) is 0. The lowest BCUT2D eigenvalue weighted by molar-refractivity contribution is -0.164. The fourth-order valence-corrected chi connectivity index (χ4v) is 0.634. The van der Waals surface area contributed by atoms with Gasteiger partial charge in [0.25, 0.3) is 0 Å². The van der Waals surface area contributed by atoms with E-state index in [2.05, 4.69) is 4.74 Å². The van der Waals surface area contributed by atoms with Gasteiger partial charge in [0.15, 0.2) is 12.4 Å². The molecule has 0 aromatic rings. The van der Waals surface area contributed by atoms with Crippen molar-refractivity contribution in [1.29, 1.82) is 0 Å². The molecule has 0 spiro atoms. The van der Waals surface area contributed by atoms with Crippen molar-refractivity contribution >= 4 is 12.3 Å². The minimum atomic E-state index is -1.90. The minimum absolute atomic E-state index is 0.0209. The minimum Gasteiger partial charge on any atom is -0.464 e. The first-order chi connectivity index (χ1) is 6.04. The molecule has 6 heteroatoms. The number of aldehydes is 1. The SMILES string of the molecule is CCOC(=O)[C@@H](O)[C@H](O)[C@@H](O)C=O. The summed E-state index contributed by atoms with van der Waals surface area (Å²) in [4.78, 5) is 20.7. The van der Waals surface area contributed by atoms with E-state index in [0.29, 0.717) is 0 Å². The maximum atomic E-state index is 10.7. The number of hydrogen-bond donors (Lipinski definition) is 3. The van der Waals surface area contributed by atoms with Crippen LogP contribution in [0.2, 0.25) is 0 Å².